The number of allylic oxidation sites excluding steroid dienone is 1. The molecule has 0 radical (unpaired) electrons. The molecule has 0 aliphatic carbocycles. The predicted octanol–water partition coefficient (Wildman–Crippen LogP) is 3.35. The highest BCUT2D eigenvalue weighted by Gasteiger charge is 2.21. The Morgan fingerprint density at radius 3 is 2.50 bits per heavy atom. The molecule has 2 aromatic carbocycles. The SMILES string of the molecule is C#CCOc1ccccc1/C=C(\C#N)S(=O)(=O)c1ccc(C)cc1. The number of nitriles is 1. The molecule has 4 nitrogen and oxygen atoms in total. The van der Waals surface area contributed by atoms with E-state index in [1.165, 1.54) is 18.2 Å². The molecule has 0 saturated heterocycles. The van der Waals surface area contributed by atoms with Crippen molar-refractivity contribution in [3.8, 4) is 24.2 Å². The minimum atomic E-state index is -3.90. The van der Waals surface area contributed by atoms with Crippen molar-refractivity contribution < 1.29 is 13.2 Å². The predicted molar refractivity (Wildman–Crippen MR) is 92.7 cm³/mol. The third-order valence-electron chi connectivity index (χ3n) is 3.25. The number of ether oxygens (including phenoxy) is 1. The van der Waals surface area contributed by atoms with Crippen LogP contribution in [0.5, 0.6) is 5.75 Å². The van der Waals surface area contributed by atoms with Crippen LogP contribution in [-0.4, -0.2) is 15.0 Å². The van der Waals surface area contributed by atoms with Crippen molar-refractivity contribution in [1.82, 2.24) is 0 Å². The number of hydrogen-bond donors (Lipinski definition) is 0. The van der Waals surface area contributed by atoms with E-state index in [9.17, 15) is 13.7 Å². The van der Waals surface area contributed by atoms with E-state index in [0.717, 1.165) is 5.56 Å². The van der Waals surface area contributed by atoms with Gasteiger partial charge in [0.05, 0.1) is 4.90 Å². The van der Waals surface area contributed by atoms with Gasteiger partial charge in [0.2, 0.25) is 9.84 Å². The van der Waals surface area contributed by atoms with E-state index >= 15 is 0 Å². The van der Waals surface area contributed by atoms with Gasteiger partial charge in [0.15, 0.2) is 0 Å². The van der Waals surface area contributed by atoms with Crippen molar-refractivity contribution in [3.05, 3.63) is 64.6 Å². The summed E-state index contributed by atoms with van der Waals surface area (Å²) in [5.41, 5.74) is 1.41. The Morgan fingerprint density at radius 1 is 1.21 bits per heavy atom. The summed E-state index contributed by atoms with van der Waals surface area (Å²) in [7, 11) is -3.90. The average molecular weight is 337 g/mol. The lowest BCUT2D eigenvalue weighted by molar-refractivity contribution is 0.369. The fraction of sp³-hybridized carbons (Fsp3) is 0.105. The lowest BCUT2D eigenvalue weighted by Crippen LogP contribution is -2.04. The van der Waals surface area contributed by atoms with Gasteiger partial charge in [0.25, 0.3) is 0 Å². The van der Waals surface area contributed by atoms with Gasteiger partial charge in [-0.2, -0.15) is 5.26 Å². The Hall–Kier alpha value is -3.02. The van der Waals surface area contributed by atoms with Crippen LogP contribution in [0, 0.1) is 30.6 Å². The molecular formula is C19H15NO3S. The fourth-order valence-corrected chi connectivity index (χ4v) is 3.16. The minimum Gasteiger partial charge on any atom is -0.480 e. The number of hydrogen-bond acceptors (Lipinski definition) is 4. The summed E-state index contributed by atoms with van der Waals surface area (Å²) in [6.45, 7) is 1.91. The highest BCUT2D eigenvalue weighted by molar-refractivity contribution is 7.95. The van der Waals surface area contributed by atoms with E-state index in [1.807, 2.05) is 6.92 Å². The number of rotatable bonds is 5. The van der Waals surface area contributed by atoms with Gasteiger partial charge in [-0.3, -0.25) is 0 Å². The summed E-state index contributed by atoms with van der Waals surface area (Å²) in [5.74, 6) is 2.76. The van der Waals surface area contributed by atoms with Crippen LogP contribution in [0.15, 0.2) is 58.3 Å². The first-order chi connectivity index (χ1) is 11.5. The Labute approximate surface area is 141 Å². The summed E-state index contributed by atoms with van der Waals surface area (Å²) in [4.78, 5) is -0.286. The molecule has 24 heavy (non-hydrogen) atoms. The molecule has 0 N–H and O–H groups in total. The third-order valence-corrected chi connectivity index (χ3v) is 4.93. The summed E-state index contributed by atoms with van der Waals surface area (Å²) < 4.78 is 30.7. The van der Waals surface area contributed by atoms with Crippen LogP contribution < -0.4 is 4.74 Å². The van der Waals surface area contributed by atoms with Crippen LogP contribution in [0.1, 0.15) is 11.1 Å². The summed E-state index contributed by atoms with van der Waals surface area (Å²) >= 11 is 0. The molecule has 0 aliphatic rings. The lowest BCUT2D eigenvalue weighted by atomic mass is 10.2. The van der Waals surface area contributed by atoms with Gasteiger partial charge in [-0.1, -0.05) is 41.8 Å². The van der Waals surface area contributed by atoms with Crippen LogP contribution in [0.4, 0.5) is 0 Å². The summed E-state index contributed by atoms with van der Waals surface area (Å²) in [6.07, 6.45) is 6.47. The lowest BCUT2D eigenvalue weighted by Gasteiger charge is -2.08. The van der Waals surface area contributed by atoms with Crippen molar-refractivity contribution in [2.24, 2.45) is 0 Å². The molecule has 0 spiro atoms. The molecule has 120 valence electrons. The molecule has 0 atom stereocenters. The molecular weight excluding hydrogens is 322 g/mol. The maximum atomic E-state index is 12.6. The fourth-order valence-electron chi connectivity index (χ4n) is 2.01. The van der Waals surface area contributed by atoms with Crippen molar-refractivity contribution in [3.63, 3.8) is 0 Å². The molecule has 5 heteroatoms. The molecule has 0 fully saturated rings. The minimum absolute atomic E-state index is 0.0530. The normalized spacial score (nSPS) is 11.4. The standard InChI is InChI=1S/C19H15NO3S/c1-3-12-23-19-7-5-4-6-16(19)13-18(14-20)24(21,22)17-10-8-15(2)9-11-17/h1,4-11,13H,12H2,2H3/b18-13+. The van der Waals surface area contributed by atoms with Crippen molar-refractivity contribution in [2.45, 2.75) is 11.8 Å². The first kappa shape index (κ1) is 17.3. The maximum absolute atomic E-state index is 12.6. The van der Waals surface area contributed by atoms with E-state index < -0.39 is 9.84 Å². The number of nitrogens with zero attached hydrogens (tertiary/aromatic N) is 1. The zero-order chi connectivity index (χ0) is 17.6. The first-order valence-electron chi connectivity index (χ1n) is 7.08. The van der Waals surface area contributed by atoms with E-state index in [0.29, 0.717) is 11.3 Å². The van der Waals surface area contributed by atoms with Crippen LogP contribution in [-0.2, 0) is 9.84 Å². The highest BCUT2D eigenvalue weighted by atomic mass is 32.2. The van der Waals surface area contributed by atoms with Crippen LogP contribution >= 0.6 is 0 Å². The first-order valence-corrected chi connectivity index (χ1v) is 8.56. The van der Waals surface area contributed by atoms with Gasteiger partial charge in [-0.05, 0) is 31.2 Å². The Kier molecular flexibility index (Phi) is 5.42. The second-order valence-electron chi connectivity index (χ2n) is 4.97. The molecule has 2 rings (SSSR count). The summed E-state index contributed by atoms with van der Waals surface area (Å²) in [6, 6.07) is 14.9. The average Bonchev–Trinajstić information content (AvgIpc) is 2.58. The quantitative estimate of drug-likeness (QED) is 0.620. The molecule has 0 aromatic heterocycles. The summed E-state index contributed by atoms with van der Waals surface area (Å²) in [5, 5.41) is 9.34. The van der Waals surface area contributed by atoms with Gasteiger partial charge < -0.3 is 4.74 Å². The van der Waals surface area contributed by atoms with Gasteiger partial charge in [-0.25, -0.2) is 8.42 Å². The van der Waals surface area contributed by atoms with Gasteiger partial charge >= 0.3 is 0 Å². The second-order valence-corrected chi connectivity index (χ2v) is 6.89. The Bertz CT molecular complexity index is 943. The number of sulfone groups is 1. The van der Waals surface area contributed by atoms with Crippen LogP contribution in [0.25, 0.3) is 6.08 Å². The van der Waals surface area contributed by atoms with Crippen molar-refractivity contribution in [1.29, 1.82) is 5.26 Å². The number of aryl methyl sites for hydroxylation is 1. The third kappa shape index (κ3) is 3.84. The van der Waals surface area contributed by atoms with E-state index in [2.05, 4.69) is 5.92 Å². The van der Waals surface area contributed by atoms with Crippen molar-refractivity contribution in [2.75, 3.05) is 6.61 Å². The molecule has 0 heterocycles. The Balaban J connectivity index is 2.49. The van der Waals surface area contributed by atoms with Crippen molar-refractivity contribution >= 4 is 15.9 Å². The van der Waals surface area contributed by atoms with Gasteiger partial charge in [0.1, 0.15) is 23.3 Å². The molecule has 0 bridgehead atoms. The molecule has 0 unspecified atom stereocenters. The molecule has 2 aromatic rings. The van der Waals surface area contributed by atoms with Crippen LogP contribution in [0.3, 0.4) is 0 Å². The van der Waals surface area contributed by atoms with E-state index in [1.54, 1.807) is 42.5 Å². The number of para-hydroxylation sites is 1. The maximum Gasteiger partial charge on any atom is 0.216 e. The molecule has 0 saturated carbocycles. The topological polar surface area (TPSA) is 67.2 Å². The number of benzene rings is 2. The van der Waals surface area contributed by atoms with Gasteiger partial charge in [-0.15, -0.1) is 6.42 Å². The monoisotopic (exact) mass is 337 g/mol. The smallest absolute Gasteiger partial charge is 0.216 e. The van der Waals surface area contributed by atoms with E-state index in [4.69, 9.17) is 11.2 Å². The second kappa shape index (κ2) is 7.50. The highest BCUT2D eigenvalue weighted by Crippen LogP contribution is 2.25. The number of terminal acetylenes is 1. The van der Waals surface area contributed by atoms with Crippen LogP contribution in [0.2, 0.25) is 0 Å². The largest absolute Gasteiger partial charge is 0.480 e. The Morgan fingerprint density at radius 2 is 1.88 bits per heavy atom. The zero-order valence-corrected chi connectivity index (χ0v) is 13.9. The molecule has 0 aliphatic heterocycles. The molecule has 0 amide bonds. The zero-order valence-electron chi connectivity index (χ0n) is 13.1. The van der Waals surface area contributed by atoms with E-state index in [-0.39, 0.29) is 16.4 Å². The van der Waals surface area contributed by atoms with Gasteiger partial charge in [0, 0.05) is 5.56 Å².